The number of aromatic nitrogens is 2. The van der Waals surface area contributed by atoms with Gasteiger partial charge in [0.25, 0.3) is 0 Å². The van der Waals surface area contributed by atoms with Crippen molar-refractivity contribution < 1.29 is 28.2 Å². The van der Waals surface area contributed by atoms with Gasteiger partial charge in [-0.2, -0.15) is 0 Å². The number of hydrogen-bond acceptors (Lipinski definition) is 4. The molecular weight excluding hydrogens is 562 g/mol. The third-order valence-electron chi connectivity index (χ3n) is 7.99. The van der Waals surface area contributed by atoms with E-state index in [4.69, 9.17) is 14.5 Å². The Morgan fingerprint density at radius 1 is 1.00 bits per heavy atom. The van der Waals surface area contributed by atoms with Gasteiger partial charge in [-0.3, -0.25) is 0 Å². The molecule has 0 aliphatic carbocycles. The average molecular weight is 597 g/mol. The molecule has 0 saturated heterocycles. The van der Waals surface area contributed by atoms with Gasteiger partial charge in [-0.25, -0.2) is 18.6 Å². The molecule has 0 fully saturated rings. The largest absolute Gasteiger partial charge is 0.490 e. The predicted octanol–water partition coefficient (Wildman–Crippen LogP) is 8.50. The Morgan fingerprint density at radius 2 is 1.75 bits per heavy atom. The number of rotatable bonds is 6. The summed E-state index contributed by atoms with van der Waals surface area (Å²) in [7, 11) is 0. The Balaban J connectivity index is 1.63. The van der Waals surface area contributed by atoms with Crippen LogP contribution in [0.25, 0.3) is 39.2 Å². The molecule has 8 heteroatoms. The lowest BCUT2D eigenvalue weighted by atomic mass is 9.87. The first-order chi connectivity index (χ1) is 20.9. The van der Waals surface area contributed by atoms with E-state index in [2.05, 4.69) is 0 Å². The molecule has 0 amide bonds. The summed E-state index contributed by atoms with van der Waals surface area (Å²) in [5.74, 6) is -1.73. The average Bonchev–Trinajstić information content (AvgIpc) is 3.41. The van der Waals surface area contributed by atoms with E-state index in [1.807, 2.05) is 54.9 Å². The standard InChI is InChI=1S/C36H34F2N2O4/c1-20-18-40-19-29(23-11-8-10-22(16-23)25-12-6-7-14-27(25)37)39-34(40)31(30(20)33(35(41)42)44-36(3,4)5)26-17-28(38)32-24(21(26)2)13-9-15-43-32/h6-8,10-12,14,16-19,33H,9,13,15H2,1-5H3,(H,41,42)/t33-/m0/s1. The molecule has 1 atom stereocenters. The molecule has 0 radical (unpaired) electrons. The van der Waals surface area contributed by atoms with Crippen molar-refractivity contribution in [2.75, 3.05) is 6.61 Å². The van der Waals surface area contributed by atoms with Crippen LogP contribution in [0, 0.1) is 25.5 Å². The fourth-order valence-corrected chi connectivity index (χ4v) is 6.06. The van der Waals surface area contributed by atoms with Crippen LogP contribution >= 0.6 is 0 Å². The number of carboxylic acid groups (broad SMARTS) is 1. The highest BCUT2D eigenvalue weighted by molar-refractivity contribution is 5.90. The predicted molar refractivity (Wildman–Crippen MR) is 166 cm³/mol. The van der Waals surface area contributed by atoms with Crippen LogP contribution in [0.5, 0.6) is 5.75 Å². The first-order valence-electron chi connectivity index (χ1n) is 14.7. The van der Waals surface area contributed by atoms with E-state index in [0.29, 0.717) is 57.7 Å². The Morgan fingerprint density at radius 3 is 2.48 bits per heavy atom. The van der Waals surface area contributed by atoms with Gasteiger partial charge in [-0.05, 0) is 87.9 Å². The highest BCUT2D eigenvalue weighted by Crippen LogP contribution is 2.44. The van der Waals surface area contributed by atoms with Crippen molar-refractivity contribution in [1.29, 1.82) is 0 Å². The summed E-state index contributed by atoms with van der Waals surface area (Å²) in [6, 6.07) is 15.5. The third-order valence-corrected chi connectivity index (χ3v) is 7.99. The molecule has 1 aliphatic heterocycles. The quantitative estimate of drug-likeness (QED) is 0.213. The van der Waals surface area contributed by atoms with E-state index in [0.717, 1.165) is 23.1 Å². The maximum atomic E-state index is 15.6. The molecule has 6 nitrogen and oxygen atoms in total. The van der Waals surface area contributed by atoms with E-state index in [9.17, 15) is 14.3 Å². The highest BCUT2D eigenvalue weighted by atomic mass is 19.1. The Bertz CT molecular complexity index is 1920. The van der Waals surface area contributed by atoms with Crippen LogP contribution < -0.4 is 4.74 Å². The monoisotopic (exact) mass is 596 g/mol. The van der Waals surface area contributed by atoms with Crippen molar-refractivity contribution in [1.82, 2.24) is 9.38 Å². The minimum Gasteiger partial charge on any atom is -0.490 e. The van der Waals surface area contributed by atoms with Crippen LogP contribution in [0.4, 0.5) is 8.78 Å². The number of benzene rings is 3. The number of aliphatic carboxylic acids is 1. The Hall–Kier alpha value is -4.56. The van der Waals surface area contributed by atoms with Crippen LogP contribution in [0.15, 0.2) is 67.0 Å². The number of imidazole rings is 1. The van der Waals surface area contributed by atoms with Crippen LogP contribution in [0.2, 0.25) is 0 Å². The molecule has 1 N–H and O–H groups in total. The molecule has 0 spiro atoms. The number of nitrogens with zero attached hydrogens (tertiary/aromatic N) is 2. The SMILES string of the molecule is Cc1cn2cc(-c3cccc(-c4ccccc4F)c3)nc2c(-c2cc(F)c3c(c2C)CCCO3)c1[C@H](OC(C)(C)C)C(=O)O. The summed E-state index contributed by atoms with van der Waals surface area (Å²) >= 11 is 0. The maximum Gasteiger partial charge on any atom is 0.337 e. The van der Waals surface area contributed by atoms with Crippen molar-refractivity contribution in [3.63, 3.8) is 0 Å². The molecule has 0 unspecified atom stereocenters. The topological polar surface area (TPSA) is 73.1 Å². The van der Waals surface area contributed by atoms with Gasteiger partial charge in [-0.15, -0.1) is 0 Å². The van der Waals surface area contributed by atoms with E-state index >= 15 is 4.39 Å². The highest BCUT2D eigenvalue weighted by Gasteiger charge is 2.34. The molecule has 1 aliphatic rings. The lowest BCUT2D eigenvalue weighted by Gasteiger charge is -2.29. The summed E-state index contributed by atoms with van der Waals surface area (Å²) in [5, 5.41) is 10.4. The summed E-state index contributed by atoms with van der Waals surface area (Å²) in [6.45, 7) is 9.58. The van der Waals surface area contributed by atoms with Crippen molar-refractivity contribution in [3.8, 4) is 39.3 Å². The number of ether oxygens (including phenoxy) is 2. The first-order valence-corrected chi connectivity index (χ1v) is 14.7. The fraction of sp³-hybridized carbons (Fsp3) is 0.278. The van der Waals surface area contributed by atoms with E-state index in [1.165, 1.54) is 12.1 Å². The maximum absolute atomic E-state index is 15.6. The molecule has 6 rings (SSSR count). The van der Waals surface area contributed by atoms with Crippen molar-refractivity contribution in [2.24, 2.45) is 0 Å². The van der Waals surface area contributed by atoms with Gasteiger partial charge in [0.15, 0.2) is 17.7 Å². The third kappa shape index (κ3) is 5.35. The molecule has 0 saturated carbocycles. The fourth-order valence-electron chi connectivity index (χ4n) is 6.06. The second kappa shape index (κ2) is 11.2. The molecule has 3 aromatic carbocycles. The number of hydrogen-bond donors (Lipinski definition) is 1. The minimum absolute atomic E-state index is 0.248. The first kappa shape index (κ1) is 29.5. The molecule has 2 aromatic heterocycles. The lowest BCUT2D eigenvalue weighted by Crippen LogP contribution is -2.28. The molecular formula is C36H34F2N2O4. The number of pyridine rings is 1. The van der Waals surface area contributed by atoms with Gasteiger partial charge in [-0.1, -0.05) is 36.4 Å². The van der Waals surface area contributed by atoms with Gasteiger partial charge in [0.1, 0.15) is 11.5 Å². The molecule has 0 bridgehead atoms. The second-order valence-corrected chi connectivity index (χ2v) is 12.3. The van der Waals surface area contributed by atoms with Gasteiger partial charge >= 0.3 is 5.97 Å². The van der Waals surface area contributed by atoms with Crippen LogP contribution in [-0.2, 0) is 16.0 Å². The van der Waals surface area contributed by atoms with E-state index < -0.39 is 23.5 Å². The minimum atomic E-state index is -1.34. The smallest absolute Gasteiger partial charge is 0.337 e. The molecule has 5 aromatic rings. The number of carbonyl (C=O) groups is 1. The normalized spacial score (nSPS) is 13.9. The van der Waals surface area contributed by atoms with Crippen molar-refractivity contribution in [2.45, 2.75) is 59.2 Å². The van der Waals surface area contributed by atoms with Crippen molar-refractivity contribution in [3.05, 3.63) is 101 Å². The number of halogens is 2. The zero-order valence-electron chi connectivity index (χ0n) is 25.4. The van der Waals surface area contributed by atoms with Gasteiger partial charge < -0.3 is 19.0 Å². The zero-order chi connectivity index (χ0) is 31.3. The molecule has 3 heterocycles. The molecule has 226 valence electrons. The second-order valence-electron chi connectivity index (χ2n) is 12.3. The van der Waals surface area contributed by atoms with Gasteiger partial charge in [0, 0.05) is 40.2 Å². The van der Waals surface area contributed by atoms with Crippen molar-refractivity contribution >= 4 is 11.6 Å². The lowest BCUT2D eigenvalue weighted by molar-refractivity contribution is -0.160. The number of carboxylic acids is 1. The Kier molecular flexibility index (Phi) is 7.49. The van der Waals surface area contributed by atoms with Gasteiger partial charge in [0.05, 0.1) is 17.9 Å². The summed E-state index contributed by atoms with van der Waals surface area (Å²) in [5.41, 5.74) is 5.88. The van der Waals surface area contributed by atoms with E-state index in [-0.39, 0.29) is 11.6 Å². The van der Waals surface area contributed by atoms with Crippen LogP contribution in [-0.4, -0.2) is 32.7 Å². The molecule has 44 heavy (non-hydrogen) atoms. The number of fused-ring (bicyclic) bond motifs is 2. The summed E-state index contributed by atoms with van der Waals surface area (Å²) < 4.78 is 43.9. The van der Waals surface area contributed by atoms with Crippen LogP contribution in [0.1, 0.15) is 55.5 Å². The number of aryl methyl sites for hydroxylation is 1. The summed E-state index contributed by atoms with van der Waals surface area (Å²) in [4.78, 5) is 17.8. The van der Waals surface area contributed by atoms with E-state index in [1.54, 1.807) is 39.0 Å². The van der Waals surface area contributed by atoms with Crippen LogP contribution in [0.3, 0.4) is 0 Å². The Labute approximate surface area is 254 Å². The van der Waals surface area contributed by atoms with Gasteiger partial charge in [0.2, 0.25) is 0 Å². The zero-order valence-corrected chi connectivity index (χ0v) is 25.4. The summed E-state index contributed by atoms with van der Waals surface area (Å²) in [6.07, 6.45) is 3.73.